The molecule has 7 heteroatoms. The van der Waals surface area contributed by atoms with Gasteiger partial charge >= 0.3 is 11.9 Å². The largest absolute Gasteiger partial charge is 0.457 e. The van der Waals surface area contributed by atoms with E-state index in [1.807, 2.05) is 17.0 Å². The van der Waals surface area contributed by atoms with Crippen LogP contribution in [0.25, 0.3) is 0 Å². The van der Waals surface area contributed by atoms with Crippen LogP contribution < -0.4 is 0 Å². The molecule has 2 saturated heterocycles. The van der Waals surface area contributed by atoms with Gasteiger partial charge in [0.05, 0.1) is 16.8 Å². The fourth-order valence-corrected chi connectivity index (χ4v) is 5.57. The van der Waals surface area contributed by atoms with Gasteiger partial charge in [0, 0.05) is 24.6 Å². The van der Waals surface area contributed by atoms with Gasteiger partial charge in [0.15, 0.2) is 0 Å². The lowest BCUT2D eigenvalue weighted by atomic mass is 9.79. The first-order chi connectivity index (χ1) is 15.5. The van der Waals surface area contributed by atoms with E-state index in [2.05, 4.69) is 11.0 Å². The van der Waals surface area contributed by atoms with Crippen molar-refractivity contribution in [3.63, 3.8) is 0 Å². The topological polar surface area (TPSA) is 76.2 Å². The van der Waals surface area contributed by atoms with E-state index in [1.165, 1.54) is 5.56 Å². The second kappa shape index (κ2) is 8.70. The van der Waals surface area contributed by atoms with Crippen LogP contribution in [0.5, 0.6) is 0 Å². The van der Waals surface area contributed by atoms with Crippen molar-refractivity contribution in [3.05, 3.63) is 46.2 Å². The molecular formula is C25H30N2O5. The average molecular weight is 439 g/mol. The molecule has 0 N–H and O–H groups in total. The number of rotatable bonds is 5. The van der Waals surface area contributed by atoms with Gasteiger partial charge in [0.1, 0.15) is 13.2 Å². The monoisotopic (exact) mass is 438 g/mol. The van der Waals surface area contributed by atoms with Crippen LogP contribution in [-0.4, -0.2) is 60.4 Å². The van der Waals surface area contributed by atoms with Crippen LogP contribution in [0.4, 0.5) is 0 Å². The number of fused-ring (bicyclic) bond motifs is 1. The standard InChI is InChI=1S/C25H30N2O5/c1-16-22(15-32-24(16)29)27-9-2-3-20(23(27)28)18-7-11-26(12-8-18)10-6-17-4-5-21-19(13-17)14-31-25(21)30/h4-5,13,18,20H,2-3,6-12,14-15H2,1H3. The Labute approximate surface area is 188 Å². The molecule has 1 aromatic carbocycles. The number of piperidine rings is 2. The SMILES string of the molecule is CC1=C(N2CCCC(C3CCN(CCc4ccc5c(c4)COC5=O)CC3)C2=O)COC1=O. The lowest BCUT2D eigenvalue weighted by molar-refractivity contribution is -0.140. The van der Waals surface area contributed by atoms with Crippen molar-refractivity contribution in [2.24, 2.45) is 11.8 Å². The molecule has 0 aliphatic carbocycles. The number of ether oxygens (including phenoxy) is 2. The predicted molar refractivity (Wildman–Crippen MR) is 117 cm³/mol. The van der Waals surface area contributed by atoms with E-state index in [1.54, 1.807) is 6.92 Å². The smallest absolute Gasteiger partial charge is 0.338 e. The Morgan fingerprint density at radius 2 is 1.75 bits per heavy atom. The maximum Gasteiger partial charge on any atom is 0.338 e. The molecule has 170 valence electrons. The van der Waals surface area contributed by atoms with E-state index in [0.29, 0.717) is 30.2 Å². The number of cyclic esters (lactones) is 2. The molecule has 4 aliphatic rings. The minimum atomic E-state index is -0.300. The van der Waals surface area contributed by atoms with Crippen LogP contribution in [0.15, 0.2) is 29.5 Å². The van der Waals surface area contributed by atoms with Crippen LogP contribution in [0.3, 0.4) is 0 Å². The Morgan fingerprint density at radius 3 is 2.50 bits per heavy atom. The zero-order valence-corrected chi connectivity index (χ0v) is 18.6. The van der Waals surface area contributed by atoms with Crippen molar-refractivity contribution >= 4 is 17.8 Å². The third-order valence-corrected chi connectivity index (χ3v) is 7.55. The molecule has 1 unspecified atom stereocenters. The van der Waals surface area contributed by atoms with Gasteiger partial charge in [-0.15, -0.1) is 0 Å². The van der Waals surface area contributed by atoms with Gasteiger partial charge in [-0.05, 0) is 69.7 Å². The fourth-order valence-electron chi connectivity index (χ4n) is 5.57. The summed E-state index contributed by atoms with van der Waals surface area (Å²) in [5.41, 5.74) is 4.27. The molecule has 0 aromatic heterocycles. The first kappa shape index (κ1) is 21.2. The zero-order valence-electron chi connectivity index (χ0n) is 18.6. The number of esters is 2. The summed E-state index contributed by atoms with van der Waals surface area (Å²) in [5, 5.41) is 0. The van der Waals surface area contributed by atoms with Gasteiger partial charge in [0.25, 0.3) is 0 Å². The summed E-state index contributed by atoms with van der Waals surface area (Å²) < 4.78 is 10.2. The highest BCUT2D eigenvalue weighted by atomic mass is 16.5. The first-order valence-electron chi connectivity index (χ1n) is 11.7. The van der Waals surface area contributed by atoms with Crippen molar-refractivity contribution < 1.29 is 23.9 Å². The molecule has 4 aliphatic heterocycles. The number of hydrogen-bond donors (Lipinski definition) is 0. The molecule has 32 heavy (non-hydrogen) atoms. The van der Waals surface area contributed by atoms with E-state index < -0.39 is 0 Å². The third kappa shape index (κ3) is 3.94. The highest BCUT2D eigenvalue weighted by molar-refractivity contribution is 5.93. The van der Waals surface area contributed by atoms with Crippen LogP contribution in [-0.2, 0) is 32.1 Å². The Morgan fingerprint density at radius 1 is 0.969 bits per heavy atom. The molecule has 7 nitrogen and oxygen atoms in total. The summed E-state index contributed by atoms with van der Waals surface area (Å²) in [6, 6.07) is 6.00. The number of benzene rings is 1. The Kier molecular flexibility index (Phi) is 5.76. The van der Waals surface area contributed by atoms with Crippen molar-refractivity contribution in [2.45, 2.75) is 45.6 Å². The van der Waals surface area contributed by atoms with E-state index in [9.17, 15) is 14.4 Å². The van der Waals surface area contributed by atoms with Crippen LogP contribution in [0.2, 0.25) is 0 Å². The summed E-state index contributed by atoms with van der Waals surface area (Å²) in [4.78, 5) is 40.9. The third-order valence-electron chi connectivity index (χ3n) is 7.55. The summed E-state index contributed by atoms with van der Waals surface area (Å²) in [6.45, 7) is 6.05. The van der Waals surface area contributed by atoms with E-state index >= 15 is 0 Å². The minimum absolute atomic E-state index is 0.0520. The van der Waals surface area contributed by atoms with Crippen LogP contribution in [0, 0.1) is 11.8 Å². The van der Waals surface area contributed by atoms with E-state index in [-0.39, 0.29) is 30.4 Å². The van der Waals surface area contributed by atoms with Gasteiger partial charge in [-0.25, -0.2) is 9.59 Å². The molecule has 0 radical (unpaired) electrons. The number of likely N-dealkylation sites (tertiary alicyclic amines) is 2. The molecule has 5 rings (SSSR count). The number of carbonyl (C=O) groups excluding carboxylic acids is 3. The summed E-state index contributed by atoms with van der Waals surface area (Å²) in [7, 11) is 0. The van der Waals surface area contributed by atoms with E-state index in [4.69, 9.17) is 9.47 Å². The number of carbonyl (C=O) groups is 3. The number of nitrogens with zero attached hydrogens (tertiary/aromatic N) is 2. The molecule has 0 spiro atoms. The second-order valence-corrected chi connectivity index (χ2v) is 9.38. The second-order valence-electron chi connectivity index (χ2n) is 9.38. The van der Waals surface area contributed by atoms with Gasteiger partial charge in [-0.1, -0.05) is 12.1 Å². The van der Waals surface area contributed by atoms with Gasteiger partial charge in [0.2, 0.25) is 5.91 Å². The van der Waals surface area contributed by atoms with Gasteiger partial charge < -0.3 is 19.3 Å². The highest BCUT2D eigenvalue weighted by Gasteiger charge is 2.39. The first-order valence-corrected chi connectivity index (χ1v) is 11.7. The Balaban J connectivity index is 1.14. The average Bonchev–Trinajstić information content (AvgIpc) is 3.34. The van der Waals surface area contributed by atoms with Gasteiger partial charge in [-0.3, -0.25) is 4.79 Å². The number of hydrogen-bond acceptors (Lipinski definition) is 6. The van der Waals surface area contributed by atoms with Crippen molar-refractivity contribution in [1.29, 1.82) is 0 Å². The Hall–Kier alpha value is -2.67. The maximum absolute atomic E-state index is 13.2. The minimum Gasteiger partial charge on any atom is -0.457 e. The quantitative estimate of drug-likeness (QED) is 0.658. The number of amides is 1. The predicted octanol–water partition coefficient (Wildman–Crippen LogP) is 2.68. The molecule has 1 atom stereocenters. The summed E-state index contributed by atoms with van der Waals surface area (Å²) in [6.07, 6.45) is 4.93. The molecule has 2 fully saturated rings. The van der Waals surface area contributed by atoms with Crippen molar-refractivity contribution in [3.8, 4) is 0 Å². The maximum atomic E-state index is 13.2. The molecular weight excluding hydrogens is 408 g/mol. The van der Waals surface area contributed by atoms with Crippen LogP contribution >= 0.6 is 0 Å². The van der Waals surface area contributed by atoms with E-state index in [0.717, 1.165) is 63.0 Å². The van der Waals surface area contributed by atoms with Gasteiger partial charge in [-0.2, -0.15) is 0 Å². The van der Waals surface area contributed by atoms with Crippen LogP contribution in [0.1, 0.15) is 54.1 Å². The molecule has 0 saturated carbocycles. The van der Waals surface area contributed by atoms with Crippen molar-refractivity contribution in [2.75, 3.05) is 32.8 Å². The fraction of sp³-hybridized carbons (Fsp3) is 0.560. The summed E-state index contributed by atoms with van der Waals surface area (Å²) >= 11 is 0. The molecule has 0 bridgehead atoms. The normalized spacial score (nSPS) is 24.7. The highest BCUT2D eigenvalue weighted by Crippen LogP contribution is 2.35. The molecule has 4 heterocycles. The lowest BCUT2D eigenvalue weighted by Crippen LogP contribution is -2.46. The Bertz CT molecular complexity index is 977. The van der Waals surface area contributed by atoms with Crippen molar-refractivity contribution in [1.82, 2.24) is 9.80 Å². The summed E-state index contributed by atoms with van der Waals surface area (Å²) in [5.74, 6) is 0.116. The zero-order chi connectivity index (χ0) is 22.2. The lowest BCUT2D eigenvalue weighted by Gasteiger charge is -2.40. The molecule has 1 amide bonds. The molecule has 1 aromatic rings.